The number of hydrogen-bond donors (Lipinski definition) is 0. The van der Waals surface area contributed by atoms with Crippen LogP contribution in [0.15, 0.2) is 54.6 Å². The largest absolute Gasteiger partial charge is 0.573 e. The minimum Gasteiger partial charge on any atom is -0.406 e. The number of fused-ring (bicyclic) bond motifs is 1. The van der Waals surface area contributed by atoms with Crippen LogP contribution in [-0.2, 0) is 22.3 Å². The van der Waals surface area contributed by atoms with Gasteiger partial charge in [0.25, 0.3) is 0 Å². The molecule has 3 aromatic carbocycles. The molecule has 0 aliphatic carbocycles. The molecule has 1 saturated heterocycles. The minimum atomic E-state index is -4.72. The highest BCUT2D eigenvalue weighted by molar-refractivity contribution is 5.84. The van der Waals surface area contributed by atoms with Crippen molar-refractivity contribution in [2.75, 3.05) is 13.2 Å². The lowest BCUT2D eigenvalue weighted by Gasteiger charge is -2.29. The van der Waals surface area contributed by atoms with E-state index in [2.05, 4.69) is 11.7 Å². The Hall–Kier alpha value is -2.64. The fraction of sp³-hybridized carbons (Fsp3) is 0.360. The van der Waals surface area contributed by atoms with Crippen molar-refractivity contribution in [2.45, 2.75) is 38.8 Å². The van der Waals surface area contributed by atoms with Gasteiger partial charge in [-0.1, -0.05) is 43.3 Å². The van der Waals surface area contributed by atoms with Crippen LogP contribution in [0.3, 0.4) is 0 Å². The maximum atomic E-state index is 15.1. The second-order valence-electron chi connectivity index (χ2n) is 7.98. The van der Waals surface area contributed by atoms with Crippen molar-refractivity contribution in [3.05, 3.63) is 77.1 Å². The molecule has 0 radical (unpaired) electrons. The van der Waals surface area contributed by atoms with Crippen LogP contribution in [-0.4, -0.2) is 19.6 Å². The van der Waals surface area contributed by atoms with Gasteiger partial charge in [0, 0.05) is 16.9 Å². The predicted molar refractivity (Wildman–Crippen MR) is 113 cm³/mol. The van der Waals surface area contributed by atoms with E-state index in [1.165, 1.54) is 12.1 Å². The van der Waals surface area contributed by atoms with E-state index in [-0.39, 0.29) is 11.6 Å². The van der Waals surface area contributed by atoms with Gasteiger partial charge in [0.2, 0.25) is 0 Å². The third kappa shape index (κ3) is 5.40. The highest BCUT2D eigenvalue weighted by atomic mass is 19.4. The summed E-state index contributed by atoms with van der Waals surface area (Å²) in [5, 5.41) is 1.28. The van der Waals surface area contributed by atoms with E-state index in [0.29, 0.717) is 42.9 Å². The number of benzene rings is 3. The van der Waals surface area contributed by atoms with Crippen molar-refractivity contribution in [1.82, 2.24) is 0 Å². The lowest BCUT2D eigenvalue weighted by molar-refractivity contribution is -0.274. The van der Waals surface area contributed by atoms with Crippen LogP contribution in [0.5, 0.6) is 5.75 Å². The standard InChI is InChI=1S/C25H24F4O3/c1-2-16-14-30-24(31-15-16)20-9-12-22-19(13-20)8-7-18(23(22)26)6-3-17-4-10-21(11-5-17)32-25(27,28)29/h4-5,7-13,16,24H,2-3,6,14-15H2,1H3. The maximum Gasteiger partial charge on any atom is 0.573 e. The highest BCUT2D eigenvalue weighted by Gasteiger charge is 2.31. The van der Waals surface area contributed by atoms with E-state index in [0.717, 1.165) is 22.9 Å². The van der Waals surface area contributed by atoms with Gasteiger partial charge in [-0.3, -0.25) is 0 Å². The third-order valence-electron chi connectivity index (χ3n) is 5.71. The molecule has 3 aromatic rings. The lowest BCUT2D eigenvalue weighted by atomic mass is 9.98. The minimum absolute atomic E-state index is 0.273. The number of alkyl halides is 3. The molecule has 0 bridgehead atoms. The van der Waals surface area contributed by atoms with Crippen LogP contribution in [0.4, 0.5) is 17.6 Å². The molecule has 0 amide bonds. The normalized spacial score (nSPS) is 19.3. The first-order valence-electron chi connectivity index (χ1n) is 10.6. The lowest BCUT2D eigenvalue weighted by Crippen LogP contribution is -2.26. The van der Waals surface area contributed by atoms with Crippen molar-refractivity contribution < 1.29 is 31.8 Å². The van der Waals surface area contributed by atoms with Gasteiger partial charge in [-0.15, -0.1) is 13.2 Å². The molecule has 0 saturated carbocycles. The van der Waals surface area contributed by atoms with Crippen molar-refractivity contribution in [3.63, 3.8) is 0 Å². The van der Waals surface area contributed by atoms with Crippen LogP contribution in [0.25, 0.3) is 10.8 Å². The second-order valence-corrected chi connectivity index (χ2v) is 7.98. The molecule has 0 aromatic heterocycles. The summed E-state index contributed by atoms with van der Waals surface area (Å²) < 4.78 is 67.4. The Kier molecular flexibility index (Phi) is 6.67. The molecule has 1 aliphatic rings. The van der Waals surface area contributed by atoms with Gasteiger partial charge in [0.05, 0.1) is 13.2 Å². The number of hydrogen-bond acceptors (Lipinski definition) is 3. The maximum absolute atomic E-state index is 15.1. The number of rotatable bonds is 6. The van der Waals surface area contributed by atoms with Crippen molar-refractivity contribution >= 4 is 10.8 Å². The van der Waals surface area contributed by atoms with Gasteiger partial charge in [-0.2, -0.15) is 0 Å². The summed E-state index contributed by atoms with van der Waals surface area (Å²) in [4.78, 5) is 0. The average molecular weight is 448 g/mol. The molecule has 7 heteroatoms. The zero-order valence-corrected chi connectivity index (χ0v) is 17.6. The van der Waals surface area contributed by atoms with E-state index >= 15 is 4.39 Å². The smallest absolute Gasteiger partial charge is 0.406 e. The molecule has 32 heavy (non-hydrogen) atoms. The van der Waals surface area contributed by atoms with E-state index < -0.39 is 12.7 Å². The Bertz CT molecular complexity index is 1060. The van der Waals surface area contributed by atoms with Crippen LogP contribution in [0.2, 0.25) is 0 Å². The Labute approximate surface area is 183 Å². The first-order chi connectivity index (χ1) is 15.3. The van der Waals surface area contributed by atoms with E-state index in [4.69, 9.17) is 9.47 Å². The second kappa shape index (κ2) is 9.46. The Balaban J connectivity index is 1.43. The number of halogens is 4. The SMILES string of the molecule is CCC1COC(c2ccc3c(F)c(CCc4ccc(OC(F)(F)F)cc4)ccc3c2)OC1. The molecule has 0 N–H and O–H groups in total. The Morgan fingerprint density at radius 2 is 1.66 bits per heavy atom. The molecular weight excluding hydrogens is 424 g/mol. The first kappa shape index (κ1) is 22.6. The summed E-state index contributed by atoms with van der Waals surface area (Å²) in [5.41, 5.74) is 2.21. The van der Waals surface area contributed by atoms with Gasteiger partial charge < -0.3 is 14.2 Å². The van der Waals surface area contributed by atoms with E-state index in [1.54, 1.807) is 24.3 Å². The van der Waals surface area contributed by atoms with Crippen molar-refractivity contribution in [2.24, 2.45) is 5.92 Å². The average Bonchev–Trinajstić information content (AvgIpc) is 2.78. The van der Waals surface area contributed by atoms with Crippen molar-refractivity contribution in [3.8, 4) is 5.75 Å². The summed E-state index contributed by atoms with van der Waals surface area (Å²) in [6.07, 6.45) is -3.23. The van der Waals surface area contributed by atoms with Gasteiger partial charge in [-0.05, 0) is 54.0 Å². The van der Waals surface area contributed by atoms with Gasteiger partial charge in [0.1, 0.15) is 11.6 Å². The monoisotopic (exact) mass is 448 g/mol. The molecule has 3 nitrogen and oxygen atoms in total. The molecule has 1 heterocycles. The third-order valence-corrected chi connectivity index (χ3v) is 5.71. The van der Waals surface area contributed by atoms with Gasteiger partial charge >= 0.3 is 6.36 Å². The van der Waals surface area contributed by atoms with Crippen molar-refractivity contribution in [1.29, 1.82) is 0 Å². The predicted octanol–water partition coefficient (Wildman–Crippen LogP) is 6.73. The molecule has 0 atom stereocenters. The first-order valence-corrected chi connectivity index (χ1v) is 10.6. The molecular formula is C25H24F4O3. The number of aryl methyl sites for hydroxylation is 2. The van der Waals surface area contributed by atoms with Crippen LogP contribution in [0.1, 0.15) is 36.3 Å². The summed E-state index contributed by atoms with van der Waals surface area (Å²) >= 11 is 0. The fourth-order valence-corrected chi connectivity index (χ4v) is 3.80. The molecule has 4 rings (SSSR count). The zero-order valence-electron chi connectivity index (χ0n) is 17.6. The Morgan fingerprint density at radius 1 is 0.938 bits per heavy atom. The quantitative estimate of drug-likeness (QED) is 0.391. The summed E-state index contributed by atoms with van der Waals surface area (Å²) in [6.45, 7) is 3.40. The Morgan fingerprint density at radius 3 is 2.31 bits per heavy atom. The van der Waals surface area contributed by atoms with Crippen LogP contribution in [0, 0.1) is 11.7 Å². The molecule has 0 unspecified atom stereocenters. The zero-order chi connectivity index (χ0) is 22.7. The molecule has 0 spiro atoms. The van der Waals surface area contributed by atoms with E-state index in [9.17, 15) is 13.2 Å². The molecule has 1 fully saturated rings. The summed E-state index contributed by atoms with van der Waals surface area (Å²) in [6, 6.07) is 14.7. The molecule has 1 aliphatic heterocycles. The number of ether oxygens (including phenoxy) is 3. The van der Waals surface area contributed by atoms with Crippen LogP contribution < -0.4 is 4.74 Å². The van der Waals surface area contributed by atoms with Gasteiger partial charge in [-0.25, -0.2) is 4.39 Å². The highest BCUT2D eigenvalue weighted by Crippen LogP contribution is 2.30. The summed E-state index contributed by atoms with van der Waals surface area (Å²) in [5.74, 6) is -0.159. The fourth-order valence-electron chi connectivity index (χ4n) is 3.80. The topological polar surface area (TPSA) is 27.7 Å². The summed E-state index contributed by atoms with van der Waals surface area (Å²) in [7, 11) is 0. The van der Waals surface area contributed by atoms with Gasteiger partial charge in [0.15, 0.2) is 6.29 Å². The van der Waals surface area contributed by atoms with E-state index in [1.807, 2.05) is 18.2 Å². The van der Waals surface area contributed by atoms with Crippen LogP contribution >= 0.6 is 0 Å². The molecule has 170 valence electrons.